The normalized spacial score (nSPS) is 10.9. The highest BCUT2D eigenvalue weighted by atomic mass is 32.1. The van der Waals surface area contributed by atoms with E-state index < -0.39 is 0 Å². The van der Waals surface area contributed by atoms with Crippen LogP contribution >= 0.6 is 11.3 Å². The molecule has 0 aliphatic carbocycles. The second-order valence-corrected chi connectivity index (χ2v) is 4.69. The molecule has 0 aliphatic heterocycles. The van der Waals surface area contributed by atoms with Crippen LogP contribution in [0.3, 0.4) is 0 Å². The molecule has 0 spiro atoms. The van der Waals surface area contributed by atoms with Crippen molar-refractivity contribution in [1.82, 2.24) is 4.98 Å². The average molecular weight is 223 g/mol. The van der Waals surface area contributed by atoms with Gasteiger partial charge in [0.25, 0.3) is 0 Å². The van der Waals surface area contributed by atoms with E-state index in [4.69, 9.17) is 9.52 Å². The van der Waals surface area contributed by atoms with Crippen LogP contribution in [0.4, 0.5) is 0 Å². The summed E-state index contributed by atoms with van der Waals surface area (Å²) in [5.41, 5.74) is 0.846. The molecule has 2 heterocycles. The van der Waals surface area contributed by atoms with Gasteiger partial charge in [0.15, 0.2) is 0 Å². The molecule has 2 aromatic rings. The Bertz CT molecular complexity index is 459. The van der Waals surface area contributed by atoms with Crippen LogP contribution in [0.1, 0.15) is 16.3 Å². The van der Waals surface area contributed by atoms with E-state index in [1.807, 2.05) is 19.1 Å². The monoisotopic (exact) mass is 223 g/mol. The van der Waals surface area contributed by atoms with Crippen molar-refractivity contribution in [3.8, 4) is 10.8 Å². The van der Waals surface area contributed by atoms with Crippen molar-refractivity contribution >= 4 is 11.3 Å². The van der Waals surface area contributed by atoms with Crippen molar-refractivity contribution in [3.63, 3.8) is 0 Å². The van der Waals surface area contributed by atoms with Gasteiger partial charge in [-0.05, 0) is 26.0 Å². The van der Waals surface area contributed by atoms with E-state index in [1.54, 1.807) is 11.3 Å². The number of aryl methyl sites for hydroxylation is 2. The molecule has 4 heteroatoms. The standard InChI is InChI=1S/C11H13NO2S/c1-7-3-4-10(15-7)11-12-9(5-6-13)8(2)14-11/h3-4,13H,5-6H2,1-2H3. The first-order chi connectivity index (χ1) is 7.20. The molecule has 2 rings (SSSR count). The van der Waals surface area contributed by atoms with Gasteiger partial charge in [-0.15, -0.1) is 11.3 Å². The summed E-state index contributed by atoms with van der Waals surface area (Å²) in [4.78, 5) is 6.65. The Hall–Kier alpha value is -1.13. The van der Waals surface area contributed by atoms with Crippen LogP contribution in [0.25, 0.3) is 10.8 Å². The van der Waals surface area contributed by atoms with Gasteiger partial charge in [0.05, 0.1) is 10.6 Å². The quantitative estimate of drug-likeness (QED) is 0.869. The fraction of sp³-hybridized carbons (Fsp3) is 0.364. The van der Waals surface area contributed by atoms with Crippen molar-refractivity contribution in [2.45, 2.75) is 20.3 Å². The molecule has 0 aliphatic rings. The van der Waals surface area contributed by atoms with Crippen LogP contribution in [0.15, 0.2) is 16.5 Å². The minimum atomic E-state index is 0.107. The topological polar surface area (TPSA) is 46.3 Å². The average Bonchev–Trinajstić information content (AvgIpc) is 2.75. The number of aliphatic hydroxyl groups excluding tert-OH is 1. The third-order valence-electron chi connectivity index (χ3n) is 2.19. The minimum Gasteiger partial charge on any atom is -0.440 e. The van der Waals surface area contributed by atoms with Gasteiger partial charge in [0.2, 0.25) is 5.89 Å². The lowest BCUT2D eigenvalue weighted by molar-refractivity contribution is 0.297. The van der Waals surface area contributed by atoms with Gasteiger partial charge in [-0.2, -0.15) is 0 Å². The lowest BCUT2D eigenvalue weighted by Crippen LogP contribution is -1.92. The van der Waals surface area contributed by atoms with Gasteiger partial charge < -0.3 is 9.52 Å². The van der Waals surface area contributed by atoms with Crippen LogP contribution in [0, 0.1) is 13.8 Å². The van der Waals surface area contributed by atoms with Crippen LogP contribution < -0.4 is 0 Å². The minimum absolute atomic E-state index is 0.107. The first-order valence-corrected chi connectivity index (χ1v) is 5.66. The summed E-state index contributed by atoms with van der Waals surface area (Å²) in [7, 11) is 0. The Balaban J connectivity index is 2.33. The molecule has 0 unspecified atom stereocenters. The Kier molecular flexibility index (Phi) is 2.88. The Morgan fingerprint density at radius 3 is 2.80 bits per heavy atom. The molecule has 0 bridgehead atoms. The van der Waals surface area contributed by atoms with Crippen molar-refractivity contribution in [2.75, 3.05) is 6.61 Å². The highest BCUT2D eigenvalue weighted by molar-refractivity contribution is 7.15. The number of oxazole rings is 1. The molecule has 80 valence electrons. The van der Waals surface area contributed by atoms with Crippen LogP contribution in [-0.4, -0.2) is 16.7 Å². The van der Waals surface area contributed by atoms with Crippen molar-refractivity contribution in [2.24, 2.45) is 0 Å². The fourth-order valence-electron chi connectivity index (χ4n) is 1.42. The van der Waals surface area contributed by atoms with Gasteiger partial charge in [0, 0.05) is 17.9 Å². The van der Waals surface area contributed by atoms with Crippen molar-refractivity contribution < 1.29 is 9.52 Å². The molecule has 0 saturated carbocycles. The number of hydrogen-bond acceptors (Lipinski definition) is 4. The zero-order valence-corrected chi connectivity index (χ0v) is 9.60. The summed E-state index contributed by atoms with van der Waals surface area (Å²) < 4.78 is 5.55. The maximum atomic E-state index is 8.85. The van der Waals surface area contributed by atoms with Gasteiger partial charge in [0.1, 0.15) is 5.76 Å². The SMILES string of the molecule is Cc1ccc(-c2nc(CCO)c(C)o2)s1. The maximum absolute atomic E-state index is 8.85. The molecule has 0 saturated heterocycles. The third kappa shape index (κ3) is 2.11. The van der Waals surface area contributed by atoms with Gasteiger partial charge in [-0.1, -0.05) is 0 Å². The number of aromatic nitrogens is 1. The zero-order chi connectivity index (χ0) is 10.8. The molecule has 0 radical (unpaired) electrons. The summed E-state index contributed by atoms with van der Waals surface area (Å²) in [5, 5.41) is 8.85. The predicted molar refractivity (Wildman–Crippen MR) is 60.1 cm³/mol. The predicted octanol–water partition coefficient (Wildman–Crippen LogP) is 2.55. The fourth-order valence-corrected chi connectivity index (χ4v) is 2.21. The molecule has 15 heavy (non-hydrogen) atoms. The zero-order valence-electron chi connectivity index (χ0n) is 8.78. The largest absolute Gasteiger partial charge is 0.440 e. The number of nitrogens with zero attached hydrogens (tertiary/aromatic N) is 1. The molecular formula is C11H13NO2S. The molecule has 0 fully saturated rings. The lowest BCUT2D eigenvalue weighted by Gasteiger charge is -1.88. The van der Waals surface area contributed by atoms with E-state index >= 15 is 0 Å². The summed E-state index contributed by atoms with van der Waals surface area (Å²) in [5.74, 6) is 1.46. The van der Waals surface area contributed by atoms with Gasteiger partial charge in [-0.25, -0.2) is 4.98 Å². The highest BCUT2D eigenvalue weighted by Crippen LogP contribution is 2.28. The van der Waals surface area contributed by atoms with Crippen LogP contribution in [0.5, 0.6) is 0 Å². The van der Waals surface area contributed by atoms with Gasteiger partial charge >= 0.3 is 0 Å². The molecule has 0 amide bonds. The lowest BCUT2D eigenvalue weighted by atomic mass is 10.3. The summed E-state index contributed by atoms with van der Waals surface area (Å²) in [6.07, 6.45) is 0.555. The molecule has 0 atom stereocenters. The number of thiophene rings is 1. The van der Waals surface area contributed by atoms with Crippen LogP contribution in [0.2, 0.25) is 0 Å². The molecule has 1 N–H and O–H groups in total. The molecule has 3 nitrogen and oxygen atoms in total. The van der Waals surface area contributed by atoms with Crippen LogP contribution in [-0.2, 0) is 6.42 Å². The van der Waals surface area contributed by atoms with E-state index in [2.05, 4.69) is 11.9 Å². The van der Waals surface area contributed by atoms with E-state index in [1.165, 1.54) is 4.88 Å². The number of hydrogen-bond donors (Lipinski definition) is 1. The van der Waals surface area contributed by atoms with E-state index in [0.717, 1.165) is 16.3 Å². The van der Waals surface area contributed by atoms with Gasteiger partial charge in [-0.3, -0.25) is 0 Å². The van der Waals surface area contributed by atoms with Crippen molar-refractivity contribution in [1.29, 1.82) is 0 Å². The molecule has 0 aromatic carbocycles. The second-order valence-electron chi connectivity index (χ2n) is 3.41. The molecule has 2 aromatic heterocycles. The van der Waals surface area contributed by atoms with E-state index in [0.29, 0.717) is 12.3 Å². The van der Waals surface area contributed by atoms with Crippen molar-refractivity contribution in [3.05, 3.63) is 28.5 Å². The van der Waals surface area contributed by atoms with E-state index in [-0.39, 0.29) is 6.61 Å². The van der Waals surface area contributed by atoms with E-state index in [9.17, 15) is 0 Å². The summed E-state index contributed by atoms with van der Waals surface area (Å²) in [6.45, 7) is 4.04. The summed E-state index contributed by atoms with van der Waals surface area (Å²) >= 11 is 1.66. The number of rotatable bonds is 3. The summed E-state index contributed by atoms with van der Waals surface area (Å²) in [6, 6.07) is 4.05. The Labute approximate surface area is 92.4 Å². The third-order valence-corrected chi connectivity index (χ3v) is 3.18. The first kappa shape index (κ1) is 10.4. The number of aliphatic hydroxyl groups is 1. The maximum Gasteiger partial charge on any atom is 0.236 e. The highest BCUT2D eigenvalue weighted by Gasteiger charge is 2.11. The smallest absolute Gasteiger partial charge is 0.236 e. The Morgan fingerprint density at radius 2 is 2.20 bits per heavy atom. The first-order valence-electron chi connectivity index (χ1n) is 4.84. The molecular weight excluding hydrogens is 210 g/mol. The second kappa shape index (κ2) is 4.16. The Morgan fingerprint density at radius 1 is 1.40 bits per heavy atom.